The fourth-order valence-electron chi connectivity index (χ4n) is 2.45. The molecule has 0 unspecified atom stereocenters. The zero-order chi connectivity index (χ0) is 17.6. The van der Waals surface area contributed by atoms with Crippen molar-refractivity contribution < 1.29 is 13.3 Å². The molecule has 9 heteroatoms. The van der Waals surface area contributed by atoms with Crippen LogP contribution in [0.1, 0.15) is 0 Å². The highest BCUT2D eigenvalue weighted by atomic mass is 79.9. The van der Waals surface area contributed by atoms with Crippen LogP contribution in [0.25, 0.3) is 19.8 Å². The van der Waals surface area contributed by atoms with Crippen LogP contribution in [-0.2, 0) is 14.9 Å². The maximum absolute atomic E-state index is 12.6. The van der Waals surface area contributed by atoms with Gasteiger partial charge in [0.2, 0.25) is 5.88 Å². The van der Waals surface area contributed by atoms with Crippen molar-refractivity contribution in [1.29, 1.82) is 0 Å². The summed E-state index contributed by atoms with van der Waals surface area (Å²) < 4.78 is 29.8. The molecule has 0 fully saturated rings. The minimum Gasteiger partial charge on any atom is -0.386 e. The van der Waals surface area contributed by atoms with Gasteiger partial charge in [0.1, 0.15) is 4.21 Å². The van der Waals surface area contributed by atoms with Gasteiger partial charge >= 0.3 is 0 Å². The van der Waals surface area contributed by atoms with Gasteiger partial charge in [0.25, 0.3) is 10.0 Å². The highest BCUT2D eigenvalue weighted by Gasteiger charge is 2.26. The minimum absolute atomic E-state index is 0.208. The van der Waals surface area contributed by atoms with Gasteiger partial charge in [-0.1, -0.05) is 18.2 Å². The maximum atomic E-state index is 12.6. The molecular formula is C16H13BrN2O3S3. The molecule has 5 nitrogen and oxygen atoms in total. The molecule has 1 aliphatic rings. The van der Waals surface area contributed by atoms with Crippen LogP contribution >= 0.6 is 38.6 Å². The standard InChI is InChI=1S/C16H13BrN2O3S3/c1-19-9-11(17)16(22-19)18-25(20,21)15-7-6-13(24-15)14-8-10-4-2-3-5-12(10)23-14/h2-8,18H,9H2,1H3. The summed E-state index contributed by atoms with van der Waals surface area (Å²) in [4.78, 5) is 7.33. The Hall–Kier alpha value is -1.39. The lowest BCUT2D eigenvalue weighted by atomic mass is 10.2. The summed E-state index contributed by atoms with van der Waals surface area (Å²) in [5.74, 6) is 0.208. The van der Waals surface area contributed by atoms with Crippen molar-refractivity contribution in [3.05, 3.63) is 52.8 Å². The monoisotopic (exact) mass is 456 g/mol. The number of sulfonamides is 1. The number of thiophene rings is 2. The smallest absolute Gasteiger partial charge is 0.273 e. The number of fused-ring (bicyclic) bond motifs is 1. The molecule has 2 aromatic heterocycles. The topological polar surface area (TPSA) is 58.6 Å². The van der Waals surface area contributed by atoms with Crippen LogP contribution in [0.2, 0.25) is 0 Å². The molecule has 0 bridgehead atoms. The first kappa shape index (κ1) is 17.0. The molecule has 0 spiro atoms. The molecular weight excluding hydrogens is 444 g/mol. The van der Waals surface area contributed by atoms with Crippen LogP contribution in [-0.4, -0.2) is 27.1 Å². The van der Waals surface area contributed by atoms with Gasteiger partial charge < -0.3 is 4.84 Å². The Kier molecular flexibility index (Phi) is 4.37. The van der Waals surface area contributed by atoms with Crippen LogP contribution < -0.4 is 4.72 Å². The first-order chi connectivity index (χ1) is 11.9. The van der Waals surface area contributed by atoms with Gasteiger partial charge in [-0.05, 0) is 45.6 Å². The molecule has 1 aromatic carbocycles. The minimum atomic E-state index is -3.68. The van der Waals surface area contributed by atoms with Crippen molar-refractivity contribution >= 4 is 58.7 Å². The molecule has 4 rings (SSSR count). The van der Waals surface area contributed by atoms with E-state index >= 15 is 0 Å². The summed E-state index contributed by atoms with van der Waals surface area (Å²) >= 11 is 6.22. The van der Waals surface area contributed by atoms with Crippen molar-refractivity contribution in [3.63, 3.8) is 0 Å². The Bertz CT molecular complexity index is 1050. The van der Waals surface area contributed by atoms with Gasteiger partial charge in [0.05, 0.1) is 11.0 Å². The van der Waals surface area contributed by atoms with Crippen LogP contribution in [0, 0.1) is 0 Å². The second-order valence-corrected chi connectivity index (χ2v) is 10.5. The Labute approximate surface area is 161 Å². The number of hydrogen-bond donors (Lipinski definition) is 1. The zero-order valence-electron chi connectivity index (χ0n) is 13.0. The van der Waals surface area contributed by atoms with Gasteiger partial charge in [-0.3, -0.25) is 0 Å². The largest absolute Gasteiger partial charge is 0.386 e. The van der Waals surface area contributed by atoms with E-state index in [-0.39, 0.29) is 10.1 Å². The van der Waals surface area contributed by atoms with Crippen molar-refractivity contribution in [1.82, 2.24) is 9.79 Å². The highest BCUT2D eigenvalue weighted by Crippen LogP contribution is 2.38. The zero-order valence-corrected chi connectivity index (χ0v) is 17.1. The van der Waals surface area contributed by atoms with Gasteiger partial charge in [-0.2, -0.15) is 0 Å². The highest BCUT2D eigenvalue weighted by molar-refractivity contribution is 9.11. The lowest BCUT2D eigenvalue weighted by Gasteiger charge is -2.10. The summed E-state index contributed by atoms with van der Waals surface area (Å²) in [6.07, 6.45) is 0. The van der Waals surface area contributed by atoms with Crippen LogP contribution in [0.4, 0.5) is 0 Å². The van der Waals surface area contributed by atoms with Crippen LogP contribution in [0.5, 0.6) is 0 Å². The van der Waals surface area contributed by atoms with E-state index in [4.69, 9.17) is 4.84 Å². The van der Waals surface area contributed by atoms with Crippen LogP contribution in [0.15, 0.2) is 57.0 Å². The average Bonchev–Trinajstić information content (AvgIpc) is 3.26. The van der Waals surface area contributed by atoms with Gasteiger partial charge in [0, 0.05) is 21.5 Å². The molecule has 1 N–H and O–H groups in total. The predicted molar refractivity (Wildman–Crippen MR) is 105 cm³/mol. The first-order valence-corrected chi connectivity index (χ1v) is 11.2. The first-order valence-electron chi connectivity index (χ1n) is 7.32. The quantitative estimate of drug-likeness (QED) is 0.633. The molecule has 0 aliphatic carbocycles. The molecule has 0 saturated heterocycles. The normalized spacial score (nSPS) is 15.8. The molecule has 0 saturated carbocycles. The second-order valence-electron chi connectivity index (χ2n) is 5.48. The maximum Gasteiger partial charge on any atom is 0.273 e. The van der Waals surface area contributed by atoms with E-state index in [9.17, 15) is 8.42 Å². The molecule has 0 radical (unpaired) electrons. The van der Waals surface area contributed by atoms with Crippen molar-refractivity contribution in [2.75, 3.05) is 13.6 Å². The molecule has 25 heavy (non-hydrogen) atoms. The Morgan fingerprint density at radius 2 is 1.96 bits per heavy atom. The Morgan fingerprint density at radius 1 is 1.16 bits per heavy atom. The van der Waals surface area contributed by atoms with E-state index in [0.717, 1.165) is 15.1 Å². The predicted octanol–water partition coefficient (Wildman–Crippen LogP) is 4.35. The third kappa shape index (κ3) is 3.34. The number of nitrogens with one attached hydrogen (secondary N) is 1. The van der Waals surface area contributed by atoms with Crippen molar-refractivity contribution in [2.24, 2.45) is 0 Å². The van der Waals surface area contributed by atoms with Gasteiger partial charge in [0.15, 0.2) is 0 Å². The van der Waals surface area contributed by atoms with E-state index in [2.05, 4.69) is 38.9 Å². The summed E-state index contributed by atoms with van der Waals surface area (Å²) in [6, 6.07) is 13.7. The Balaban J connectivity index is 1.63. The number of hydrogen-bond acceptors (Lipinski definition) is 6. The molecule has 1 aliphatic heterocycles. The van der Waals surface area contributed by atoms with E-state index in [0.29, 0.717) is 11.0 Å². The van der Waals surface area contributed by atoms with Gasteiger partial charge in [-0.15, -0.1) is 27.7 Å². The number of benzene rings is 1. The van der Waals surface area contributed by atoms with Crippen molar-refractivity contribution in [3.8, 4) is 9.75 Å². The fraction of sp³-hybridized carbons (Fsp3) is 0.125. The summed E-state index contributed by atoms with van der Waals surface area (Å²) in [5, 5.41) is 2.70. The second kappa shape index (κ2) is 6.40. The fourth-order valence-corrected chi connectivity index (χ4v) is 6.57. The molecule has 3 heterocycles. The Morgan fingerprint density at radius 3 is 2.68 bits per heavy atom. The number of halogens is 1. The van der Waals surface area contributed by atoms with E-state index in [1.165, 1.54) is 16.0 Å². The molecule has 130 valence electrons. The lowest BCUT2D eigenvalue weighted by Crippen LogP contribution is -2.24. The van der Waals surface area contributed by atoms with E-state index < -0.39 is 10.0 Å². The number of likely N-dealkylation sites (N-methyl/N-ethyl adjacent to an activating group) is 1. The van der Waals surface area contributed by atoms with E-state index in [1.54, 1.807) is 29.5 Å². The summed E-state index contributed by atoms with van der Waals surface area (Å²) in [7, 11) is -1.95. The lowest BCUT2D eigenvalue weighted by molar-refractivity contribution is -0.0701. The third-order valence-corrected chi connectivity index (χ3v) is 8.43. The van der Waals surface area contributed by atoms with Gasteiger partial charge in [-0.25, -0.2) is 13.1 Å². The van der Waals surface area contributed by atoms with Crippen molar-refractivity contribution in [2.45, 2.75) is 4.21 Å². The average molecular weight is 457 g/mol. The number of nitrogens with zero attached hydrogens (tertiary/aromatic N) is 1. The SMILES string of the molecule is CN1CC(Br)=C(NS(=O)(=O)c2ccc(-c3cc4ccccc4s3)s2)O1. The van der Waals surface area contributed by atoms with Crippen LogP contribution in [0.3, 0.4) is 0 Å². The van der Waals surface area contributed by atoms with E-state index in [1.807, 2.05) is 18.2 Å². The number of hydroxylamine groups is 2. The summed E-state index contributed by atoms with van der Waals surface area (Å²) in [6.45, 7) is 0.495. The number of rotatable bonds is 4. The molecule has 0 atom stereocenters. The molecule has 3 aromatic rings. The molecule has 0 amide bonds. The third-order valence-electron chi connectivity index (χ3n) is 3.60. The summed E-state index contributed by atoms with van der Waals surface area (Å²) in [5.41, 5.74) is 0.